The summed E-state index contributed by atoms with van der Waals surface area (Å²) in [5.74, 6) is 1.29. The highest BCUT2D eigenvalue weighted by Crippen LogP contribution is 2.22. The van der Waals surface area contributed by atoms with Crippen LogP contribution in [-0.2, 0) is 6.42 Å². The molecule has 0 saturated heterocycles. The molecule has 2 aromatic rings. The van der Waals surface area contributed by atoms with E-state index in [4.69, 9.17) is 10.5 Å². The van der Waals surface area contributed by atoms with E-state index >= 15 is 0 Å². The van der Waals surface area contributed by atoms with Crippen LogP contribution in [0.1, 0.15) is 23.6 Å². The number of ether oxygens (including phenoxy) is 1. The molecule has 20 heavy (non-hydrogen) atoms. The minimum Gasteiger partial charge on any atom is -0.476 e. The minimum absolute atomic E-state index is 0.304. The summed E-state index contributed by atoms with van der Waals surface area (Å²) in [7, 11) is 0. The molecule has 0 bridgehead atoms. The van der Waals surface area contributed by atoms with Crippen LogP contribution in [0, 0.1) is 6.92 Å². The Kier molecular flexibility index (Phi) is 4.84. The smallest absolute Gasteiger partial charge is 0.239 e. The van der Waals surface area contributed by atoms with Crippen molar-refractivity contribution in [3.63, 3.8) is 0 Å². The number of aryl methyl sites for hydroxylation is 1. The molecule has 2 aromatic heterocycles. The van der Waals surface area contributed by atoms with Crippen molar-refractivity contribution in [3.05, 3.63) is 34.0 Å². The average Bonchev–Trinajstić information content (AvgIpc) is 2.79. The number of hydrogen-bond donors (Lipinski definition) is 2. The van der Waals surface area contributed by atoms with Crippen LogP contribution in [0.15, 0.2) is 24.3 Å². The molecule has 2 heterocycles. The summed E-state index contributed by atoms with van der Waals surface area (Å²) in [6, 6.07) is 8.34. The predicted molar refractivity (Wildman–Crippen MR) is 85.7 cm³/mol. The van der Waals surface area contributed by atoms with Gasteiger partial charge in [-0.15, -0.1) is 11.3 Å². The van der Waals surface area contributed by atoms with Crippen molar-refractivity contribution >= 4 is 22.8 Å². The Morgan fingerprint density at radius 2 is 2.15 bits per heavy atom. The number of nitrogens with zero attached hydrogens (tertiary/aromatic N) is 1. The van der Waals surface area contributed by atoms with Gasteiger partial charge < -0.3 is 15.8 Å². The van der Waals surface area contributed by atoms with E-state index in [1.54, 1.807) is 0 Å². The van der Waals surface area contributed by atoms with Crippen molar-refractivity contribution in [1.29, 1.82) is 0 Å². The number of pyridine rings is 1. The van der Waals surface area contributed by atoms with Crippen LogP contribution in [0.4, 0.5) is 11.5 Å². The van der Waals surface area contributed by atoms with Crippen LogP contribution in [0.2, 0.25) is 0 Å². The Hall–Kier alpha value is -1.75. The van der Waals surface area contributed by atoms with Crippen molar-refractivity contribution in [2.75, 3.05) is 17.7 Å². The third-order valence-electron chi connectivity index (χ3n) is 2.87. The first kappa shape index (κ1) is 14.7. The maximum atomic E-state index is 5.82. The van der Waals surface area contributed by atoms with Gasteiger partial charge in [-0.25, -0.2) is 0 Å². The lowest BCUT2D eigenvalue weighted by Crippen LogP contribution is -2.18. The fourth-order valence-electron chi connectivity index (χ4n) is 1.98. The summed E-state index contributed by atoms with van der Waals surface area (Å²) in [5, 5.41) is 3.39. The van der Waals surface area contributed by atoms with Crippen molar-refractivity contribution in [3.8, 4) is 5.88 Å². The number of hydrogen-bond acceptors (Lipinski definition) is 5. The van der Waals surface area contributed by atoms with Gasteiger partial charge in [0, 0.05) is 22.2 Å². The fourth-order valence-corrected chi connectivity index (χ4v) is 3.00. The van der Waals surface area contributed by atoms with Gasteiger partial charge in [-0.3, -0.25) is 0 Å². The average molecular weight is 291 g/mol. The van der Waals surface area contributed by atoms with Gasteiger partial charge in [-0.1, -0.05) is 0 Å². The highest BCUT2D eigenvalue weighted by molar-refractivity contribution is 7.11. The molecule has 2 rings (SSSR count). The van der Waals surface area contributed by atoms with E-state index in [9.17, 15) is 0 Å². The zero-order valence-corrected chi connectivity index (χ0v) is 13.0. The third kappa shape index (κ3) is 3.87. The lowest BCUT2D eigenvalue weighted by Gasteiger charge is -2.15. The molecular formula is C15H21N3OS. The molecule has 0 saturated carbocycles. The SMILES string of the molecule is CCOc1nc(NC(C)Cc2ccc(C)s2)ccc1N. The van der Waals surface area contributed by atoms with Gasteiger partial charge in [-0.2, -0.15) is 4.98 Å². The van der Waals surface area contributed by atoms with Crippen LogP contribution >= 0.6 is 11.3 Å². The molecule has 1 unspecified atom stereocenters. The molecule has 0 amide bonds. The van der Waals surface area contributed by atoms with E-state index in [-0.39, 0.29) is 0 Å². The summed E-state index contributed by atoms with van der Waals surface area (Å²) in [6.45, 7) is 6.75. The van der Waals surface area contributed by atoms with Crippen LogP contribution in [0.25, 0.3) is 0 Å². The monoisotopic (exact) mass is 291 g/mol. The minimum atomic E-state index is 0.304. The quantitative estimate of drug-likeness (QED) is 0.855. The Bertz CT molecular complexity index is 568. The van der Waals surface area contributed by atoms with Gasteiger partial charge in [0.1, 0.15) is 5.82 Å². The molecule has 0 fully saturated rings. The lowest BCUT2D eigenvalue weighted by molar-refractivity contribution is 0.329. The highest BCUT2D eigenvalue weighted by atomic mass is 32.1. The zero-order valence-electron chi connectivity index (χ0n) is 12.1. The van der Waals surface area contributed by atoms with E-state index < -0.39 is 0 Å². The molecule has 0 aliphatic carbocycles. The molecule has 1 atom stereocenters. The number of thiophene rings is 1. The summed E-state index contributed by atoms with van der Waals surface area (Å²) in [5.41, 5.74) is 6.39. The van der Waals surface area contributed by atoms with Gasteiger partial charge in [0.25, 0.3) is 0 Å². The molecule has 0 aromatic carbocycles. The van der Waals surface area contributed by atoms with E-state index in [1.165, 1.54) is 9.75 Å². The number of anilines is 2. The second-order valence-electron chi connectivity index (χ2n) is 4.79. The number of nitrogen functional groups attached to an aromatic ring is 1. The first-order chi connectivity index (χ1) is 9.58. The molecule has 5 heteroatoms. The molecule has 4 nitrogen and oxygen atoms in total. The number of aromatic nitrogens is 1. The van der Waals surface area contributed by atoms with Crippen LogP contribution in [0.5, 0.6) is 5.88 Å². The standard InChI is InChI=1S/C15H21N3OS/c1-4-19-15-13(16)7-8-14(18-15)17-10(2)9-12-6-5-11(3)20-12/h5-8,10H,4,9,16H2,1-3H3,(H,17,18). The summed E-state index contributed by atoms with van der Waals surface area (Å²) in [4.78, 5) is 7.12. The molecular weight excluding hydrogens is 270 g/mol. The van der Waals surface area contributed by atoms with E-state index in [2.05, 4.69) is 36.3 Å². The Morgan fingerprint density at radius 3 is 2.80 bits per heavy atom. The van der Waals surface area contributed by atoms with Crippen LogP contribution < -0.4 is 15.8 Å². The normalized spacial score (nSPS) is 12.2. The Balaban J connectivity index is 2.00. The van der Waals surface area contributed by atoms with E-state index in [0.717, 1.165) is 12.2 Å². The van der Waals surface area contributed by atoms with Gasteiger partial charge in [0.15, 0.2) is 0 Å². The molecule has 0 radical (unpaired) electrons. The van der Waals surface area contributed by atoms with Gasteiger partial charge in [-0.05, 0) is 45.0 Å². The van der Waals surface area contributed by atoms with Crippen molar-refractivity contribution in [1.82, 2.24) is 4.98 Å². The molecule has 0 spiro atoms. The first-order valence-electron chi connectivity index (χ1n) is 6.79. The Labute approximate surface area is 124 Å². The largest absolute Gasteiger partial charge is 0.476 e. The van der Waals surface area contributed by atoms with Crippen molar-refractivity contribution < 1.29 is 4.74 Å². The lowest BCUT2D eigenvalue weighted by atomic mass is 10.2. The molecule has 3 N–H and O–H groups in total. The second-order valence-corrected chi connectivity index (χ2v) is 6.16. The fraction of sp³-hybridized carbons (Fsp3) is 0.400. The van der Waals surface area contributed by atoms with Crippen LogP contribution in [-0.4, -0.2) is 17.6 Å². The summed E-state index contributed by atoms with van der Waals surface area (Å²) < 4.78 is 5.41. The maximum absolute atomic E-state index is 5.82. The number of rotatable bonds is 6. The Morgan fingerprint density at radius 1 is 1.35 bits per heavy atom. The topological polar surface area (TPSA) is 60.2 Å². The number of nitrogens with one attached hydrogen (secondary N) is 1. The van der Waals surface area contributed by atoms with E-state index in [0.29, 0.717) is 24.2 Å². The summed E-state index contributed by atoms with van der Waals surface area (Å²) >= 11 is 1.84. The highest BCUT2D eigenvalue weighted by Gasteiger charge is 2.08. The number of nitrogens with two attached hydrogens (primary N) is 1. The molecule has 0 aliphatic heterocycles. The predicted octanol–water partition coefficient (Wildman–Crippen LogP) is 3.48. The maximum Gasteiger partial charge on any atom is 0.239 e. The molecule has 108 valence electrons. The second kappa shape index (κ2) is 6.61. The first-order valence-corrected chi connectivity index (χ1v) is 7.61. The summed E-state index contributed by atoms with van der Waals surface area (Å²) in [6.07, 6.45) is 0.981. The third-order valence-corrected chi connectivity index (χ3v) is 3.89. The van der Waals surface area contributed by atoms with Gasteiger partial charge in [0.2, 0.25) is 5.88 Å². The molecule has 0 aliphatic rings. The van der Waals surface area contributed by atoms with Crippen molar-refractivity contribution in [2.45, 2.75) is 33.2 Å². The van der Waals surface area contributed by atoms with E-state index in [1.807, 2.05) is 30.4 Å². The van der Waals surface area contributed by atoms with Gasteiger partial charge >= 0.3 is 0 Å². The van der Waals surface area contributed by atoms with Gasteiger partial charge in [0.05, 0.1) is 12.3 Å². The van der Waals surface area contributed by atoms with Crippen molar-refractivity contribution in [2.24, 2.45) is 0 Å². The zero-order chi connectivity index (χ0) is 14.5. The van der Waals surface area contributed by atoms with Crippen LogP contribution in [0.3, 0.4) is 0 Å².